The number of benzene rings is 1. The molecule has 2 heterocycles. The van der Waals surface area contributed by atoms with Crippen LogP contribution in [0, 0.1) is 0 Å². The molecule has 4 nitrogen and oxygen atoms in total. The van der Waals surface area contributed by atoms with Crippen LogP contribution in [-0.2, 0) is 12.1 Å². The van der Waals surface area contributed by atoms with Crippen LogP contribution in [0.1, 0.15) is 11.1 Å². The van der Waals surface area contributed by atoms with Crippen molar-refractivity contribution < 1.29 is 5.11 Å². The molecule has 23 heavy (non-hydrogen) atoms. The van der Waals surface area contributed by atoms with Crippen molar-refractivity contribution in [2.24, 2.45) is 0 Å². The van der Waals surface area contributed by atoms with Gasteiger partial charge in [0.25, 0.3) is 0 Å². The first-order chi connectivity index (χ1) is 11.2. The average Bonchev–Trinajstić information content (AvgIpc) is 3.08. The Bertz CT molecular complexity index is 770. The number of pyridine rings is 1. The highest BCUT2D eigenvalue weighted by Crippen LogP contribution is 2.26. The summed E-state index contributed by atoms with van der Waals surface area (Å²) in [6, 6.07) is 11.1. The van der Waals surface area contributed by atoms with Gasteiger partial charge >= 0.3 is 0 Å². The van der Waals surface area contributed by atoms with E-state index in [-0.39, 0.29) is 0 Å². The van der Waals surface area contributed by atoms with Crippen LogP contribution in [0.4, 0.5) is 0 Å². The number of hydrogen-bond donors (Lipinski definition) is 1. The van der Waals surface area contributed by atoms with Crippen molar-refractivity contribution in [2.75, 3.05) is 0 Å². The van der Waals surface area contributed by atoms with E-state index in [2.05, 4.69) is 9.97 Å². The van der Waals surface area contributed by atoms with E-state index in [0.717, 1.165) is 11.1 Å². The van der Waals surface area contributed by atoms with Crippen LogP contribution < -0.4 is 0 Å². The monoisotopic (exact) mass is 325 g/mol. The summed E-state index contributed by atoms with van der Waals surface area (Å²) >= 11 is 5.90. The third-order valence-electron chi connectivity index (χ3n) is 3.58. The van der Waals surface area contributed by atoms with Crippen molar-refractivity contribution >= 4 is 17.7 Å². The van der Waals surface area contributed by atoms with Gasteiger partial charge in [0.2, 0.25) is 0 Å². The molecule has 3 rings (SSSR count). The lowest BCUT2D eigenvalue weighted by Crippen LogP contribution is -2.28. The van der Waals surface area contributed by atoms with Crippen LogP contribution in [0.5, 0.6) is 0 Å². The van der Waals surface area contributed by atoms with Crippen LogP contribution >= 0.6 is 11.6 Å². The lowest BCUT2D eigenvalue weighted by molar-refractivity contribution is 0.0703. The molecule has 2 aromatic heterocycles. The Kier molecular flexibility index (Phi) is 4.55. The SMILES string of the molecule is O[C@@](/C=C/c1ccc(Cl)cc1)(Cn1ccnc1)c1ccncc1. The van der Waals surface area contributed by atoms with Gasteiger partial charge in [-0.25, -0.2) is 4.98 Å². The summed E-state index contributed by atoms with van der Waals surface area (Å²) in [6.07, 6.45) is 12.2. The van der Waals surface area contributed by atoms with Crippen molar-refractivity contribution in [3.05, 3.63) is 89.7 Å². The molecule has 0 aliphatic rings. The summed E-state index contributed by atoms with van der Waals surface area (Å²) in [5.41, 5.74) is 0.572. The summed E-state index contributed by atoms with van der Waals surface area (Å²) in [6.45, 7) is 0.362. The fraction of sp³-hybridized carbons (Fsp3) is 0.111. The molecule has 0 aliphatic carbocycles. The Morgan fingerprint density at radius 3 is 2.43 bits per heavy atom. The summed E-state index contributed by atoms with van der Waals surface area (Å²) in [5.74, 6) is 0. The van der Waals surface area contributed by atoms with Gasteiger partial charge < -0.3 is 9.67 Å². The van der Waals surface area contributed by atoms with Crippen LogP contribution in [-0.4, -0.2) is 19.6 Å². The van der Waals surface area contributed by atoms with Gasteiger partial charge in [-0.3, -0.25) is 4.98 Å². The lowest BCUT2D eigenvalue weighted by Gasteiger charge is -2.25. The topological polar surface area (TPSA) is 50.9 Å². The molecular weight excluding hydrogens is 310 g/mol. The number of aromatic nitrogens is 3. The molecule has 1 atom stereocenters. The second-order valence-electron chi connectivity index (χ2n) is 5.28. The molecule has 0 aliphatic heterocycles. The lowest BCUT2D eigenvalue weighted by atomic mass is 9.93. The highest BCUT2D eigenvalue weighted by molar-refractivity contribution is 6.30. The molecule has 1 aromatic carbocycles. The van der Waals surface area contributed by atoms with E-state index in [9.17, 15) is 5.11 Å². The van der Waals surface area contributed by atoms with Crippen molar-refractivity contribution in [1.29, 1.82) is 0 Å². The minimum Gasteiger partial charge on any atom is -0.379 e. The van der Waals surface area contributed by atoms with Gasteiger partial charge in [0, 0.05) is 29.8 Å². The maximum Gasteiger partial charge on any atom is 0.126 e. The number of hydrogen-bond acceptors (Lipinski definition) is 3. The Morgan fingerprint density at radius 1 is 1.04 bits per heavy atom. The van der Waals surface area contributed by atoms with Crippen molar-refractivity contribution in [3.8, 4) is 0 Å². The van der Waals surface area contributed by atoms with Crippen molar-refractivity contribution in [1.82, 2.24) is 14.5 Å². The summed E-state index contributed by atoms with van der Waals surface area (Å²) < 4.78 is 1.84. The van der Waals surface area contributed by atoms with Gasteiger partial charge in [-0.2, -0.15) is 0 Å². The Balaban J connectivity index is 1.93. The van der Waals surface area contributed by atoms with Crippen molar-refractivity contribution in [3.63, 3.8) is 0 Å². The number of halogens is 1. The minimum absolute atomic E-state index is 0.362. The average molecular weight is 326 g/mol. The third-order valence-corrected chi connectivity index (χ3v) is 3.84. The number of aliphatic hydroxyl groups is 1. The van der Waals surface area contributed by atoms with Gasteiger partial charge in [0.05, 0.1) is 12.9 Å². The number of rotatable bonds is 5. The van der Waals surface area contributed by atoms with Crippen LogP contribution in [0.2, 0.25) is 5.02 Å². The number of nitrogens with zero attached hydrogens (tertiary/aromatic N) is 3. The molecule has 0 amide bonds. The quantitative estimate of drug-likeness (QED) is 0.780. The zero-order valence-corrected chi connectivity index (χ0v) is 13.1. The first-order valence-corrected chi connectivity index (χ1v) is 7.57. The standard InChI is InChI=1S/C18H16ClN3O/c19-17-3-1-15(2-4-17)5-8-18(23,13-22-12-11-21-14-22)16-6-9-20-10-7-16/h1-12,14,23H,13H2/b8-5+/t18-/m0/s1. The summed E-state index contributed by atoms with van der Waals surface area (Å²) in [7, 11) is 0. The highest BCUT2D eigenvalue weighted by Gasteiger charge is 2.26. The highest BCUT2D eigenvalue weighted by atomic mass is 35.5. The van der Waals surface area contributed by atoms with Crippen LogP contribution in [0.3, 0.4) is 0 Å². The van der Waals surface area contributed by atoms with Crippen LogP contribution in [0.15, 0.2) is 73.6 Å². The minimum atomic E-state index is -1.16. The molecule has 0 fully saturated rings. The first kappa shape index (κ1) is 15.5. The summed E-state index contributed by atoms with van der Waals surface area (Å²) in [5, 5.41) is 11.9. The fourth-order valence-electron chi connectivity index (χ4n) is 2.35. The van der Waals surface area contributed by atoms with Gasteiger partial charge in [0.15, 0.2) is 0 Å². The molecule has 0 spiro atoms. The van der Waals surface area contributed by atoms with Gasteiger partial charge in [0.1, 0.15) is 5.60 Å². The molecular formula is C18H16ClN3O. The van der Waals surface area contributed by atoms with E-state index in [4.69, 9.17) is 11.6 Å². The van der Waals surface area contributed by atoms with E-state index in [1.54, 1.807) is 31.0 Å². The van der Waals surface area contributed by atoms with E-state index in [1.807, 2.05) is 53.2 Å². The zero-order chi connectivity index (χ0) is 16.1. The first-order valence-electron chi connectivity index (χ1n) is 7.19. The normalized spacial score (nSPS) is 14.0. The van der Waals surface area contributed by atoms with Crippen molar-refractivity contribution in [2.45, 2.75) is 12.1 Å². The van der Waals surface area contributed by atoms with E-state index in [0.29, 0.717) is 11.6 Å². The maximum absolute atomic E-state index is 11.2. The molecule has 116 valence electrons. The Hall–Kier alpha value is -2.43. The van der Waals surface area contributed by atoms with Gasteiger partial charge in [-0.05, 0) is 41.5 Å². The zero-order valence-electron chi connectivity index (χ0n) is 12.4. The predicted octanol–water partition coefficient (Wildman–Crippen LogP) is 3.53. The molecule has 1 N–H and O–H groups in total. The molecule has 0 unspecified atom stereocenters. The molecule has 0 bridgehead atoms. The van der Waals surface area contributed by atoms with Gasteiger partial charge in [-0.15, -0.1) is 0 Å². The molecule has 0 radical (unpaired) electrons. The molecule has 0 saturated heterocycles. The van der Waals surface area contributed by atoms with E-state index in [1.165, 1.54) is 0 Å². The summed E-state index contributed by atoms with van der Waals surface area (Å²) in [4.78, 5) is 8.04. The Labute approximate surface area is 139 Å². The largest absolute Gasteiger partial charge is 0.379 e. The second kappa shape index (κ2) is 6.77. The molecule has 5 heteroatoms. The van der Waals surface area contributed by atoms with Gasteiger partial charge in [-0.1, -0.05) is 29.8 Å². The maximum atomic E-state index is 11.2. The van der Waals surface area contributed by atoms with Crippen LogP contribution in [0.25, 0.3) is 6.08 Å². The second-order valence-corrected chi connectivity index (χ2v) is 5.72. The fourth-order valence-corrected chi connectivity index (χ4v) is 2.47. The molecule has 0 saturated carbocycles. The smallest absolute Gasteiger partial charge is 0.126 e. The van der Waals surface area contributed by atoms with E-state index >= 15 is 0 Å². The number of imidazole rings is 1. The third kappa shape index (κ3) is 3.86. The predicted molar refractivity (Wildman–Crippen MR) is 90.8 cm³/mol. The Morgan fingerprint density at radius 2 is 1.78 bits per heavy atom. The molecule has 3 aromatic rings. The van der Waals surface area contributed by atoms with E-state index < -0.39 is 5.60 Å².